The fourth-order valence-electron chi connectivity index (χ4n) is 3.03. The fourth-order valence-corrected chi connectivity index (χ4v) is 4.18. The van der Waals surface area contributed by atoms with E-state index in [1.165, 1.54) is 17.7 Å². The van der Waals surface area contributed by atoms with Crippen molar-refractivity contribution in [2.75, 3.05) is 10.1 Å². The van der Waals surface area contributed by atoms with Crippen molar-refractivity contribution in [3.05, 3.63) is 69.3 Å². The lowest BCUT2D eigenvalue weighted by Crippen LogP contribution is -2.14. The minimum Gasteiger partial charge on any atom is -0.279 e. The summed E-state index contributed by atoms with van der Waals surface area (Å²) in [6.45, 7) is 5.69. The van der Waals surface area contributed by atoms with Gasteiger partial charge in [-0.2, -0.15) is 5.10 Å². The van der Waals surface area contributed by atoms with E-state index in [-0.39, 0.29) is 16.3 Å². The minimum absolute atomic E-state index is 0.130. The zero-order valence-corrected chi connectivity index (χ0v) is 17.2. The Balaban J connectivity index is 1.89. The summed E-state index contributed by atoms with van der Waals surface area (Å²) in [6, 6.07) is 9.01. The van der Waals surface area contributed by atoms with Crippen LogP contribution >= 0.6 is 0 Å². The fraction of sp³-hybridized carbons (Fsp3) is 0.250. The second-order valence-electron chi connectivity index (χ2n) is 7.07. The van der Waals surface area contributed by atoms with E-state index in [4.69, 9.17) is 0 Å². The van der Waals surface area contributed by atoms with Gasteiger partial charge in [0.2, 0.25) is 0 Å². The van der Waals surface area contributed by atoms with Crippen LogP contribution in [0.3, 0.4) is 0 Å². The second kappa shape index (κ2) is 8.04. The summed E-state index contributed by atoms with van der Waals surface area (Å²) in [5, 5.41) is 15.7. The molecule has 2 aromatic carbocycles. The van der Waals surface area contributed by atoms with Gasteiger partial charge in [0.1, 0.15) is 5.69 Å². The van der Waals surface area contributed by atoms with E-state index in [0.717, 1.165) is 35.7 Å². The summed E-state index contributed by atoms with van der Waals surface area (Å²) >= 11 is 0. The van der Waals surface area contributed by atoms with Gasteiger partial charge in [0.25, 0.3) is 15.7 Å². The number of benzene rings is 2. The summed E-state index contributed by atoms with van der Waals surface area (Å²) in [4.78, 5) is 10.7. The molecule has 0 saturated carbocycles. The highest BCUT2D eigenvalue weighted by Crippen LogP contribution is 2.29. The molecule has 0 amide bonds. The molecule has 2 aromatic rings. The van der Waals surface area contributed by atoms with Crippen molar-refractivity contribution in [2.24, 2.45) is 5.10 Å². The van der Waals surface area contributed by atoms with Crippen molar-refractivity contribution in [2.45, 2.75) is 38.5 Å². The molecule has 0 unspecified atom stereocenters. The van der Waals surface area contributed by atoms with Crippen LogP contribution < -0.4 is 10.1 Å². The van der Waals surface area contributed by atoms with Crippen LogP contribution in [0.4, 0.5) is 17.1 Å². The van der Waals surface area contributed by atoms with Gasteiger partial charge in [-0.3, -0.25) is 20.3 Å². The van der Waals surface area contributed by atoms with Crippen LogP contribution in [0, 0.1) is 24.0 Å². The standard InChI is InChI=1S/C20H22N4O4S/c1-13-5-8-18(15(3)10-13)23-29(27,28)17-7-9-19(20(12-17)24(25)26)22-21-16-6-4-14(2)11-16/h5,7-12,22-23H,4,6H2,1-3H3/b21-16+. The molecule has 0 radical (unpaired) electrons. The predicted octanol–water partition coefficient (Wildman–Crippen LogP) is 4.52. The van der Waals surface area contributed by atoms with Gasteiger partial charge in [-0.15, -0.1) is 0 Å². The highest BCUT2D eigenvalue weighted by atomic mass is 32.2. The van der Waals surface area contributed by atoms with Crippen molar-refractivity contribution >= 4 is 32.8 Å². The molecule has 8 nitrogen and oxygen atoms in total. The van der Waals surface area contributed by atoms with E-state index < -0.39 is 14.9 Å². The van der Waals surface area contributed by atoms with E-state index in [0.29, 0.717) is 5.69 Å². The molecule has 0 fully saturated rings. The third-order valence-electron chi connectivity index (χ3n) is 4.61. The number of nitro groups is 1. The Kier molecular flexibility index (Phi) is 5.69. The Morgan fingerprint density at radius 3 is 2.38 bits per heavy atom. The van der Waals surface area contributed by atoms with E-state index in [1.807, 2.05) is 26.0 Å². The third-order valence-corrected chi connectivity index (χ3v) is 5.97. The van der Waals surface area contributed by atoms with E-state index >= 15 is 0 Å². The van der Waals surface area contributed by atoms with Crippen LogP contribution in [-0.4, -0.2) is 19.1 Å². The van der Waals surface area contributed by atoms with Crippen LogP contribution in [0.25, 0.3) is 0 Å². The molecule has 0 bridgehead atoms. The number of allylic oxidation sites excluding steroid dienone is 2. The zero-order chi connectivity index (χ0) is 21.2. The highest BCUT2D eigenvalue weighted by molar-refractivity contribution is 7.92. The van der Waals surface area contributed by atoms with Gasteiger partial charge < -0.3 is 0 Å². The zero-order valence-electron chi connectivity index (χ0n) is 16.4. The number of nitrogens with zero attached hydrogens (tertiary/aromatic N) is 2. The normalized spacial score (nSPS) is 15.3. The number of nitrogens with one attached hydrogen (secondary N) is 2. The molecule has 0 aliphatic heterocycles. The number of hydrazone groups is 1. The lowest BCUT2D eigenvalue weighted by Gasteiger charge is -2.12. The second-order valence-corrected chi connectivity index (χ2v) is 8.75. The number of hydrogen-bond donors (Lipinski definition) is 2. The van der Waals surface area contributed by atoms with Gasteiger partial charge in [0.05, 0.1) is 21.2 Å². The maximum atomic E-state index is 12.7. The van der Waals surface area contributed by atoms with Gasteiger partial charge in [0, 0.05) is 6.07 Å². The van der Waals surface area contributed by atoms with Gasteiger partial charge in [0.15, 0.2) is 0 Å². The molecule has 0 atom stereocenters. The molecule has 29 heavy (non-hydrogen) atoms. The van der Waals surface area contributed by atoms with Gasteiger partial charge in [-0.25, -0.2) is 8.42 Å². The molecule has 1 aliphatic rings. The van der Waals surface area contributed by atoms with Crippen LogP contribution in [0.5, 0.6) is 0 Å². The van der Waals surface area contributed by atoms with Crippen molar-refractivity contribution in [3.8, 4) is 0 Å². The maximum absolute atomic E-state index is 12.7. The van der Waals surface area contributed by atoms with E-state index in [9.17, 15) is 18.5 Å². The lowest BCUT2D eigenvalue weighted by atomic mass is 10.1. The molecule has 0 saturated heterocycles. The molecule has 0 aromatic heterocycles. The Morgan fingerprint density at radius 2 is 1.76 bits per heavy atom. The Hall–Kier alpha value is -3.20. The summed E-state index contributed by atoms with van der Waals surface area (Å²) in [5.41, 5.74) is 6.64. The van der Waals surface area contributed by atoms with Gasteiger partial charge in [-0.05, 0) is 63.5 Å². The van der Waals surface area contributed by atoms with Gasteiger partial charge in [-0.1, -0.05) is 23.3 Å². The summed E-state index contributed by atoms with van der Waals surface area (Å²) < 4.78 is 28.0. The number of sulfonamides is 1. The molecule has 0 heterocycles. The van der Waals surface area contributed by atoms with Crippen LogP contribution in [0.15, 0.2) is 58.0 Å². The smallest absolute Gasteiger partial charge is 0.279 e. The average molecular weight is 414 g/mol. The first-order chi connectivity index (χ1) is 13.7. The quantitative estimate of drug-likeness (QED) is 0.533. The van der Waals surface area contributed by atoms with Crippen LogP contribution in [-0.2, 0) is 10.0 Å². The van der Waals surface area contributed by atoms with Crippen LogP contribution in [0.2, 0.25) is 0 Å². The first-order valence-corrected chi connectivity index (χ1v) is 10.5. The molecule has 152 valence electrons. The summed E-state index contributed by atoms with van der Waals surface area (Å²) in [5.74, 6) is 0. The first-order valence-electron chi connectivity index (χ1n) is 9.04. The number of aryl methyl sites for hydroxylation is 2. The van der Waals surface area contributed by atoms with Crippen molar-refractivity contribution < 1.29 is 13.3 Å². The lowest BCUT2D eigenvalue weighted by molar-refractivity contribution is -0.384. The summed E-state index contributed by atoms with van der Waals surface area (Å²) in [7, 11) is -3.99. The topological polar surface area (TPSA) is 114 Å². The monoisotopic (exact) mass is 414 g/mol. The van der Waals surface area contributed by atoms with Crippen molar-refractivity contribution in [3.63, 3.8) is 0 Å². The minimum atomic E-state index is -3.99. The average Bonchev–Trinajstić information content (AvgIpc) is 3.07. The molecule has 0 spiro atoms. The van der Waals surface area contributed by atoms with Crippen molar-refractivity contribution in [1.82, 2.24) is 0 Å². The molecule has 1 aliphatic carbocycles. The first kappa shape index (κ1) is 20.5. The largest absolute Gasteiger partial charge is 0.295 e. The van der Waals surface area contributed by atoms with Gasteiger partial charge >= 0.3 is 0 Å². The molecule has 2 N–H and O–H groups in total. The molecule has 9 heteroatoms. The Bertz CT molecular complexity index is 1140. The third kappa shape index (κ3) is 4.80. The Labute approximate surface area is 169 Å². The summed E-state index contributed by atoms with van der Waals surface area (Å²) in [6.07, 6.45) is 3.59. The highest BCUT2D eigenvalue weighted by Gasteiger charge is 2.22. The molecular weight excluding hydrogens is 392 g/mol. The number of nitro benzene ring substituents is 1. The number of rotatable bonds is 6. The SMILES string of the molecule is CC1=C/C(=N/Nc2ccc(S(=O)(=O)Nc3ccc(C)cc3C)cc2[N+](=O)[O-])CC1. The number of anilines is 2. The Morgan fingerprint density at radius 1 is 1.03 bits per heavy atom. The van der Waals surface area contributed by atoms with E-state index in [2.05, 4.69) is 15.2 Å². The van der Waals surface area contributed by atoms with E-state index in [1.54, 1.807) is 19.1 Å². The molecule has 3 rings (SSSR count). The predicted molar refractivity (Wildman–Crippen MR) is 114 cm³/mol. The maximum Gasteiger partial charge on any atom is 0.295 e. The van der Waals surface area contributed by atoms with Crippen LogP contribution in [0.1, 0.15) is 30.9 Å². The number of hydrogen-bond acceptors (Lipinski definition) is 6. The van der Waals surface area contributed by atoms with Crippen molar-refractivity contribution in [1.29, 1.82) is 0 Å². The molecular formula is C20H22N4O4S.